The lowest BCUT2D eigenvalue weighted by molar-refractivity contribution is -0.140. The second kappa shape index (κ2) is 8.13. The van der Waals surface area contributed by atoms with Crippen molar-refractivity contribution in [1.29, 1.82) is 0 Å². The van der Waals surface area contributed by atoms with Crippen molar-refractivity contribution in [2.24, 2.45) is 5.41 Å². The molecule has 0 aliphatic carbocycles. The lowest BCUT2D eigenvalue weighted by Gasteiger charge is -2.36. The molecule has 0 radical (unpaired) electrons. The number of amides is 1. The van der Waals surface area contributed by atoms with Crippen LogP contribution < -0.4 is 4.74 Å². The average Bonchev–Trinajstić information content (AvgIpc) is 3.10. The van der Waals surface area contributed by atoms with Gasteiger partial charge in [0.15, 0.2) is 0 Å². The largest absolute Gasteiger partial charge is 0.492 e. The Morgan fingerprint density at radius 2 is 2.00 bits per heavy atom. The summed E-state index contributed by atoms with van der Waals surface area (Å²) in [5.74, 6) is 2.05. The molecule has 0 bridgehead atoms. The van der Waals surface area contributed by atoms with Crippen LogP contribution in [0.1, 0.15) is 25.2 Å². The fraction of sp³-hybridized carbons (Fsp3) is 0.524. The second-order valence-corrected chi connectivity index (χ2v) is 8.02. The van der Waals surface area contributed by atoms with E-state index in [0.717, 1.165) is 37.8 Å². The number of fused-ring (bicyclic) bond motifs is 1. The van der Waals surface area contributed by atoms with Gasteiger partial charge in [0.1, 0.15) is 18.2 Å². The fourth-order valence-electron chi connectivity index (χ4n) is 3.54. The van der Waals surface area contributed by atoms with E-state index >= 15 is 0 Å². The summed E-state index contributed by atoms with van der Waals surface area (Å²) in [7, 11) is 1.85. The normalized spacial score (nSPS) is 14.7. The van der Waals surface area contributed by atoms with Crippen LogP contribution in [0.4, 0.5) is 0 Å². The zero-order valence-corrected chi connectivity index (χ0v) is 16.8. The minimum atomic E-state index is -0.451. The van der Waals surface area contributed by atoms with Crippen LogP contribution >= 0.6 is 0 Å². The Bertz CT molecular complexity index is 767. The molecule has 1 amide bonds. The van der Waals surface area contributed by atoms with Gasteiger partial charge in [-0.2, -0.15) is 0 Å². The summed E-state index contributed by atoms with van der Waals surface area (Å²) in [6, 6.07) is 7.97. The van der Waals surface area contributed by atoms with Gasteiger partial charge in [0.25, 0.3) is 0 Å². The van der Waals surface area contributed by atoms with E-state index in [1.165, 1.54) is 5.56 Å². The minimum Gasteiger partial charge on any atom is -0.492 e. The van der Waals surface area contributed by atoms with Gasteiger partial charge in [0.2, 0.25) is 5.91 Å². The molecule has 2 heterocycles. The summed E-state index contributed by atoms with van der Waals surface area (Å²) in [5.41, 5.74) is 0.754. The van der Waals surface area contributed by atoms with E-state index in [1.54, 1.807) is 4.90 Å². The van der Waals surface area contributed by atoms with E-state index in [-0.39, 0.29) is 5.91 Å². The SMILES string of the molecule is Cc1ccc(OCCN(C)C(=O)C(C)(C)CN2CCn3ccnc3C2)cc1. The Morgan fingerprint density at radius 1 is 1.26 bits per heavy atom. The zero-order valence-electron chi connectivity index (χ0n) is 16.8. The van der Waals surface area contributed by atoms with Crippen molar-refractivity contribution in [2.45, 2.75) is 33.9 Å². The summed E-state index contributed by atoms with van der Waals surface area (Å²) in [5, 5.41) is 0. The maximum atomic E-state index is 12.9. The van der Waals surface area contributed by atoms with Gasteiger partial charge in [-0.3, -0.25) is 9.69 Å². The molecule has 1 aromatic carbocycles. The van der Waals surface area contributed by atoms with Crippen molar-refractivity contribution in [3.8, 4) is 5.75 Å². The Labute approximate surface area is 161 Å². The lowest BCUT2D eigenvalue weighted by Crippen LogP contribution is -2.48. The van der Waals surface area contributed by atoms with Crippen LogP contribution in [0.5, 0.6) is 5.75 Å². The Kier molecular flexibility index (Phi) is 5.85. The van der Waals surface area contributed by atoms with E-state index in [1.807, 2.05) is 64.5 Å². The number of carbonyl (C=O) groups is 1. The van der Waals surface area contributed by atoms with Crippen LogP contribution in [0.3, 0.4) is 0 Å². The smallest absolute Gasteiger partial charge is 0.229 e. The molecule has 0 spiro atoms. The third-order valence-corrected chi connectivity index (χ3v) is 5.08. The highest BCUT2D eigenvalue weighted by molar-refractivity contribution is 5.82. The first-order valence-electron chi connectivity index (χ1n) is 9.52. The highest BCUT2D eigenvalue weighted by Gasteiger charge is 2.33. The molecule has 2 aromatic rings. The zero-order chi connectivity index (χ0) is 19.4. The van der Waals surface area contributed by atoms with Gasteiger partial charge in [-0.15, -0.1) is 0 Å². The van der Waals surface area contributed by atoms with Gasteiger partial charge in [-0.25, -0.2) is 4.98 Å². The van der Waals surface area contributed by atoms with Gasteiger partial charge >= 0.3 is 0 Å². The Hall–Kier alpha value is -2.34. The number of aryl methyl sites for hydroxylation is 1. The molecule has 146 valence electrons. The maximum Gasteiger partial charge on any atom is 0.229 e. The van der Waals surface area contributed by atoms with E-state index in [9.17, 15) is 4.79 Å². The van der Waals surface area contributed by atoms with Crippen LogP contribution in [0.15, 0.2) is 36.7 Å². The molecule has 27 heavy (non-hydrogen) atoms. The third kappa shape index (κ3) is 4.89. The van der Waals surface area contributed by atoms with Crippen molar-refractivity contribution >= 4 is 5.91 Å². The summed E-state index contributed by atoms with van der Waals surface area (Å²) in [4.78, 5) is 21.4. The first kappa shape index (κ1) is 19.4. The molecule has 0 fully saturated rings. The fourth-order valence-corrected chi connectivity index (χ4v) is 3.54. The molecule has 0 saturated heterocycles. The number of hydrogen-bond acceptors (Lipinski definition) is 4. The highest BCUT2D eigenvalue weighted by Crippen LogP contribution is 2.23. The molecule has 1 aliphatic heterocycles. The number of benzene rings is 1. The maximum absolute atomic E-state index is 12.9. The number of nitrogens with zero attached hydrogens (tertiary/aromatic N) is 4. The number of imidazole rings is 1. The number of rotatable bonds is 7. The quantitative estimate of drug-likeness (QED) is 0.752. The highest BCUT2D eigenvalue weighted by atomic mass is 16.5. The first-order valence-corrected chi connectivity index (χ1v) is 9.52. The Balaban J connectivity index is 1.48. The number of carbonyl (C=O) groups excluding carboxylic acids is 1. The van der Waals surface area contributed by atoms with Crippen LogP contribution in [-0.2, 0) is 17.9 Å². The molecule has 1 aromatic heterocycles. The van der Waals surface area contributed by atoms with Gasteiger partial charge in [0.05, 0.1) is 18.5 Å². The van der Waals surface area contributed by atoms with E-state index < -0.39 is 5.41 Å². The van der Waals surface area contributed by atoms with Gasteiger partial charge in [-0.1, -0.05) is 17.7 Å². The predicted octanol–water partition coefficient (Wildman–Crippen LogP) is 2.57. The summed E-state index contributed by atoms with van der Waals surface area (Å²) in [6.07, 6.45) is 3.86. The van der Waals surface area contributed by atoms with E-state index in [0.29, 0.717) is 13.2 Å². The lowest BCUT2D eigenvalue weighted by atomic mass is 9.90. The first-order chi connectivity index (χ1) is 12.8. The molecule has 0 atom stereocenters. The summed E-state index contributed by atoms with van der Waals surface area (Å²) in [6.45, 7) is 10.5. The van der Waals surface area contributed by atoms with Crippen LogP contribution in [0, 0.1) is 12.3 Å². The standard InChI is InChI=1S/C21H30N4O2/c1-17-5-7-18(8-6-17)27-14-13-23(4)20(26)21(2,3)16-24-11-12-25-10-9-22-19(25)15-24/h5-10H,11-16H2,1-4H3. The number of hydrogen-bond donors (Lipinski definition) is 0. The second-order valence-electron chi connectivity index (χ2n) is 8.02. The summed E-state index contributed by atoms with van der Waals surface area (Å²) >= 11 is 0. The average molecular weight is 370 g/mol. The molecule has 0 unspecified atom stereocenters. The van der Waals surface area contributed by atoms with E-state index in [2.05, 4.69) is 14.5 Å². The molecule has 6 nitrogen and oxygen atoms in total. The molecule has 0 saturated carbocycles. The van der Waals surface area contributed by atoms with Crippen LogP contribution in [0.25, 0.3) is 0 Å². The van der Waals surface area contributed by atoms with Crippen molar-refractivity contribution in [3.05, 3.63) is 48.0 Å². The third-order valence-electron chi connectivity index (χ3n) is 5.08. The number of likely N-dealkylation sites (N-methyl/N-ethyl adjacent to an activating group) is 1. The molecule has 0 N–H and O–H groups in total. The van der Waals surface area contributed by atoms with Gasteiger partial charge in [0, 0.05) is 39.1 Å². The number of ether oxygens (including phenoxy) is 1. The predicted molar refractivity (Wildman–Crippen MR) is 106 cm³/mol. The number of aromatic nitrogens is 2. The summed E-state index contributed by atoms with van der Waals surface area (Å²) < 4.78 is 7.94. The van der Waals surface area contributed by atoms with Crippen molar-refractivity contribution in [1.82, 2.24) is 19.4 Å². The molecular weight excluding hydrogens is 340 g/mol. The van der Waals surface area contributed by atoms with Crippen LogP contribution in [-0.4, -0.2) is 58.5 Å². The van der Waals surface area contributed by atoms with Gasteiger partial charge in [-0.05, 0) is 32.9 Å². The monoisotopic (exact) mass is 370 g/mol. The molecule has 3 rings (SSSR count). The van der Waals surface area contributed by atoms with Gasteiger partial charge < -0.3 is 14.2 Å². The minimum absolute atomic E-state index is 0.143. The molecule has 1 aliphatic rings. The topological polar surface area (TPSA) is 50.6 Å². The Morgan fingerprint density at radius 3 is 2.74 bits per heavy atom. The molecule has 6 heteroatoms. The van der Waals surface area contributed by atoms with Crippen molar-refractivity contribution in [2.75, 3.05) is 33.3 Å². The van der Waals surface area contributed by atoms with E-state index in [4.69, 9.17) is 4.74 Å². The van der Waals surface area contributed by atoms with Crippen molar-refractivity contribution in [3.63, 3.8) is 0 Å². The van der Waals surface area contributed by atoms with Crippen LogP contribution in [0.2, 0.25) is 0 Å². The van der Waals surface area contributed by atoms with Crippen molar-refractivity contribution < 1.29 is 9.53 Å². The molecular formula is C21H30N4O2.